The molecule has 6 heteroatoms. The van der Waals surface area contributed by atoms with E-state index < -0.39 is 17.8 Å². The molecule has 0 saturated carbocycles. The molecule has 1 aliphatic rings. The second-order valence-corrected chi connectivity index (χ2v) is 3.93. The Hall–Kier alpha value is -1.82. The first-order valence-corrected chi connectivity index (χ1v) is 5.30. The summed E-state index contributed by atoms with van der Waals surface area (Å²) in [5, 5.41) is 2.19. The molecule has 1 aromatic heterocycles. The Morgan fingerprint density at radius 1 is 1.53 bits per heavy atom. The molecule has 2 amide bonds. The molecule has 3 N–H and O–H groups in total. The predicted molar refractivity (Wildman–Crippen MR) is 57.2 cm³/mol. The van der Waals surface area contributed by atoms with Gasteiger partial charge in [-0.15, -0.1) is 0 Å². The van der Waals surface area contributed by atoms with E-state index in [1.54, 1.807) is 0 Å². The van der Waals surface area contributed by atoms with Crippen LogP contribution >= 0.6 is 0 Å². The molecule has 0 aromatic carbocycles. The lowest BCUT2D eigenvalue weighted by Gasteiger charge is -2.21. The van der Waals surface area contributed by atoms with Gasteiger partial charge in [-0.2, -0.15) is 4.39 Å². The molecule has 2 rings (SSSR count). The normalized spacial score (nSPS) is 20.2. The number of rotatable bonds is 2. The van der Waals surface area contributed by atoms with E-state index in [9.17, 15) is 14.0 Å². The van der Waals surface area contributed by atoms with Crippen molar-refractivity contribution in [1.29, 1.82) is 0 Å². The van der Waals surface area contributed by atoms with Gasteiger partial charge in [-0.3, -0.25) is 14.9 Å². The van der Waals surface area contributed by atoms with Crippen molar-refractivity contribution in [3.63, 3.8) is 0 Å². The fourth-order valence-electron chi connectivity index (χ4n) is 1.86. The summed E-state index contributed by atoms with van der Waals surface area (Å²) in [7, 11) is 0. The predicted octanol–water partition coefficient (Wildman–Crippen LogP) is 0.200. The van der Waals surface area contributed by atoms with Gasteiger partial charge in [0.25, 0.3) is 0 Å². The van der Waals surface area contributed by atoms with E-state index in [4.69, 9.17) is 5.73 Å². The van der Waals surface area contributed by atoms with Gasteiger partial charge in [-0.25, -0.2) is 4.98 Å². The van der Waals surface area contributed by atoms with Crippen LogP contribution in [-0.2, 0) is 16.1 Å². The summed E-state index contributed by atoms with van der Waals surface area (Å²) in [5.74, 6) is -2.14. The number of hydrogen-bond donors (Lipinski definition) is 2. The van der Waals surface area contributed by atoms with E-state index in [1.807, 2.05) is 0 Å². The third-order valence-electron chi connectivity index (χ3n) is 2.77. The van der Waals surface area contributed by atoms with Gasteiger partial charge >= 0.3 is 0 Å². The third kappa shape index (κ3) is 2.31. The number of piperidine rings is 1. The molecule has 0 aliphatic carbocycles. The third-order valence-corrected chi connectivity index (χ3v) is 2.77. The Bertz CT molecular complexity index is 476. The lowest BCUT2D eigenvalue weighted by molar-refractivity contribution is -0.134. The molecule has 0 radical (unpaired) electrons. The molecule has 1 atom stereocenters. The zero-order valence-corrected chi connectivity index (χ0v) is 9.07. The molecule has 2 heterocycles. The summed E-state index contributed by atoms with van der Waals surface area (Å²) in [6, 6.07) is 1.53. The van der Waals surface area contributed by atoms with E-state index in [0.29, 0.717) is 12.0 Å². The zero-order valence-electron chi connectivity index (χ0n) is 9.07. The molecule has 17 heavy (non-hydrogen) atoms. The maximum atomic E-state index is 13.5. The van der Waals surface area contributed by atoms with Crippen LogP contribution in [-0.4, -0.2) is 16.8 Å². The van der Waals surface area contributed by atoms with E-state index in [2.05, 4.69) is 10.3 Å². The molecule has 90 valence electrons. The van der Waals surface area contributed by atoms with Crippen LogP contribution in [0.1, 0.15) is 29.9 Å². The summed E-state index contributed by atoms with van der Waals surface area (Å²) in [5.41, 5.74) is 6.30. The fourth-order valence-corrected chi connectivity index (χ4v) is 1.86. The van der Waals surface area contributed by atoms with E-state index in [0.717, 1.165) is 0 Å². The van der Waals surface area contributed by atoms with Gasteiger partial charge in [0, 0.05) is 24.7 Å². The van der Waals surface area contributed by atoms with Crippen LogP contribution in [0.5, 0.6) is 0 Å². The van der Waals surface area contributed by atoms with Crippen LogP contribution in [0.25, 0.3) is 0 Å². The van der Waals surface area contributed by atoms with Crippen molar-refractivity contribution >= 4 is 11.8 Å². The highest BCUT2D eigenvalue weighted by Crippen LogP contribution is 2.26. The smallest absolute Gasteiger partial charge is 0.234 e. The van der Waals surface area contributed by atoms with Crippen LogP contribution in [0.4, 0.5) is 4.39 Å². The number of nitrogens with zero attached hydrogens (tertiary/aromatic N) is 1. The monoisotopic (exact) mass is 237 g/mol. The molecule has 0 spiro atoms. The van der Waals surface area contributed by atoms with Crippen LogP contribution in [0.2, 0.25) is 0 Å². The van der Waals surface area contributed by atoms with Crippen LogP contribution < -0.4 is 11.1 Å². The molecule has 1 unspecified atom stereocenters. The van der Waals surface area contributed by atoms with E-state index in [1.165, 1.54) is 12.3 Å². The minimum atomic E-state index is -0.684. The highest BCUT2D eigenvalue weighted by molar-refractivity contribution is 6.00. The van der Waals surface area contributed by atoms with Crippen molar-refractivity contribution in [2.45, 2.75) is 25.3 Å². The molecular formula is C11H12FN3O2. The number of amides is 2. The molecule has 0 bridgehead atoms. The second-order valence-electron chi connectivity index (χ2n) is 3.93. The Morgan fingerprint density at radius 3 is 2.94 bits per heavy atom. The summed E-state index contributed by atoms with van der Waals surface area (Å²) in [6.07, 6.45) is 1.85. The average Bonchev–Trinajstić information content (AvgIpc) is 2.30. The van der Waals surface area contributed by atoms with Crippen molar-refractivity contribution < 1.29 is 14.0 Å². The topological polar surface area (TPSA) is 85.1 Å². The number of pyridine rings is 1. The van der Waals surface area contributed by atoms with Crippen molar-refractivity contribution in [2.24, 2.45) is 5.73 Å². The minimum absolute atomic E-state index is 0.206. The molecule has 1 aromatic rings. The largest absolute Gasteiger partial charge is 0.326 e. The molecule has 5 nitrogen and oxygen atoms in total. The summed E-state index contributed by atoms with van der Waals surface area (Å²) in [6.45, 7) is 0.230. The fraction of sp³-hybridized carbons (Fsp3) is 0.364. The van der Waals surface area contributed by atoms with Gasteiger partial charge < -0.3 is 5.73 Å². The summed E-state index contributed by atoms with van der Waals surface area (Å²) < 4.78 is 13.5. The van der Waals surface area contributed by atoms with Gasteiger partial charge in [0.15, 0.2) is 0 Å². The van der Waals surface area contributed by atoms with Gasteiger partial charge in [0.05, 0.1) is 5.92 Å². The quantitative estimate of drug-likeness (QED) is 0.568. The van der Waals surface area contributed by atoms with Crippen LogP contribution in [0.3, 0.4) is 0 Å². The van der Waals surface area contributed by atoms with Crippen LogP contribution in [0, 0.1) is 5.95 Å². The van der Waals surface area contributed by atoms with Gasteiger partial charge in [0.1, 0.15) is 0 Å². The van der Waals surface area contributed by atoms with Crippen molar-refractivity contribution in [2.75, 3.05) is 0 Å². The standard InChI is InChI=1S/C11H12FN3O2/c12-10-8(3-6(4-13)5-14-10)7-1-2-9(16)15-11(7)17/h3,5,7H,1-2,4,13H2,(H,15,16,17). The number of nitrogens with one attached hydrogen (secondary N) is 1. The number of aromatic nitrogens is 1. The number of nitrogens with two attached hydrogens (primary N) is 1. The number of halogens is 1. The molecule has 1 saturated heterocycles. The second kappa shape index (κ2) is 4.58. The summed E-state index contributed by atoms with van der Waals surface area (Å²) in [4.78, 5) is 26.2. The Morgan fingerprint density at radius 2 is 2.29 bits per heavy atom. The highest BCUT2D eigenvalue weighted by Gasteiger charge is 2.30. The highest BCUT2D eigenvalue weighted by atomic mass is 19.1. The molecular weight excluding hydrogens is 225 g/mol. The number of hydrogen-bond acceptors (Lipinski definition) is 4. The lowest BCUT2D eigenvalue weighted by Crippen LogP contribution is -2.39. The number of carbonyl (C=O) groups is 2. The Labute approximate surface area is 97.2 Å². The van der Waals surface area contributed by atoms with Crippen molar-refractivity contribution in [3.05, 3.63) is 29.3 Å². The summed E-state index contributed by atoms with van der Waals surface area (Å²) >= 11 is 0. The van der Waals surface area contributed by atoms with Crippen LogP contribution in [0.15, 0.2) is 12.3 Å². The maximum absolute atomic E-state index is 13.5. The molecule has 1 aliphatic heterocycles. The molecule has 1 fully saturated rings. The van der Waals surface area contributed by atoms with E-state index in [-0.39, 0.29) is 24.4 Å². The van der Waals surface area contributed by atoms with Gasteiger partial charge in [-0.1, -0.05) is 0 Å². The first-order chi connectivity index (χ1) is 8.11. The lowest BCUT2D eigenvalue weighted by atomic mass is 9.90. The number of imide groups is 1. The Kier molecular flexibility index (Phi) is 3.14. The first kappa shape index (κ1) is 11.7. The SMILES string of the molecule is NCc1cnc(F)c(C2CCC(=O)NC2=O)c1. The van der Waals surface area contributed by atoms with Crippen molar-refractivity contribution in [3.8, 4) is 0 Å². The van der Waals surface area contributed by atoms with Gasteiger partial charge in [-0.05, 0) is 18.1 Å². The first-order valence-electron chi connectivity index (χ1n) is 5.30. The van der Waals surface area contributed by atoms with Gasteiger partial charge in [0.2, 0.25) is 17.8 Å². The van der Waals surface area contributed by atoms with E-state index >= 15 is 0 Å². The van der Waals surface area contributed by atoms with Crippen molar-refractivity contribution in [1.82, 2.24) is 10.3 Å². The minimum Gasteiger partial charge on any atom is -0.326 e. The Balaban J connectivity index is 2.33. The average molecular weight is 237 g/mol. The number of carbonyl (C=O) groups excluding carboxylic acids is 2. The maximum Gasteiger partial charge on any atom is 0.234 e. The zero-order chi connectivity index (χ0) is 12.4.